The second-order valence-electron chi connectivity index (χ2n) is 6.11. The maximum atomic E-state index is 6.50. The molecular weight excluding hydrogens is 370 g/mol. The molecular formula is C26H37N3O. The van der Waals surface area contributed by atoms with Crippen LogP contribution in [-0.4, -0.2) is 18.2 Å². The molecule has 2 aromatic rings. The molecule has 0 saturated heterocycles. The van der Waals surface area contributed by atoms with Gasteiger partial charge in [0.05, 0.1) is 24.0 Å². The van der Waals surface area contributed by atoms with Gasteiger partial charge in [-0.3, -0.25) is 0 Å². The summed E-state index contributed by atoms with van der Waals surface area (Å²) < 4.78 is 7.80. The first-order valence-electron chi connectivity index (χ1n) is 10.4. The van der Waals surface area contributed by atoms with Crippen LogP contribution in [0.4, 0.5) is 0 Å². The molecule has 1 aromatic heterocycles. The average Bonchev–Trinajstić information content (AvgIpc) is 3.11. The highest BCUT2D eigenvalue weighted by molar-refractivity contribution is 5.91. The van der Waals surface area contributed by atoms with Gasteiger partial charge in [-0.1, -0.05) is 45.6 Å². The Hall–Kier alpha value is -3.19. The Morgan fingerprint density at radius 2 is 1.93 bits per heavy atom. The van der Waals surface area contributed by atoms with E-state index in [1.807, 2.05) is 45.1 Å². The maximum absolute atomic E-state index is 6.50. The van der Waals surface area contributed by atoms with Crippen molar-refractivity contribution in [1.82, 2.24) is 9.88 Å². The van der Waals surface area contributed by atoms with Crippen molar-refractivity contribution in [3.8, 4) is 12.3 Å². The zero-order valence-electron chi connectivity index (χ0n) is 19.5. The smallest absolute Gasteiger partial charge is 0.120 e. The molecule has 0 aliphatic rings. The van der Waals surface area contributed by atoms with Crippen LogP contribution in [0.5, 0.6) is 5.75 Å². The van der Waals surface area contributed by atoms with Gasteiger partial charge in [-0.05, 0) is 49.6 Å². The molecule has 1 N–H and O–H groups in total. The van der Waals surface area contributed by atoms with Crippen molar-refractivity contribution in [3.05, 3.63) is 72.5 Å². The van der Waals surface area contributed by atoms with Crippen molar-refractivity contribution >= 4 is 16.6 Å². The molecule has 2 rings (SSSR count). The van der Waals surface area contributed by atoms with Crippen LogP contribution in [0.3, 0.4) is 0 Å². The lowest BCUT2D eigenvalue weighted by atomic mass is 10.0. The number of allylic oxidation sites excluding steroid dienone is 4. The van der Waals surface area contributed by atoms with Gasteiger partial charge in [0.25, 0.3) is 0 Å². The summed E-state index contributed by atoms with van der Waals surface area (Å²) in [5.41, 5.74) is 5.78. The van der Waals surface area contributed by atoms with Gasteiger partial charge in [-0.15, -0.1) is 6.58 Å². The van der Waals surface area contributed by atoms with Crippen LogP contribution in [0.1, 0.15) is 45.9 Å². The number of ether oxygens (including phenoxy) is 1. The zero-order chi connectivity index (χ0) is 23.1. The first kappa shape index (κ1) is 26.8. The van der Waals surface area contributed by atoms with Crippen molar-refractivity contribution in [3.63, 3.8) is 0 Å². The molecule has 4 nitrogen and oxygen atoms in total. The fourth-order valence-electron chi connectivity index (χ4n) is 3.35. The van der Waals surface area contributed by atoms with Crippen LogP contribution in [-0.2, 0) is 13.0 Å². The molecule has 0 aliphatic heterocycles. The maximum Gasteiger partial charge on any atom is 0.120 e. The minimum absolute atomic E-state index is 0.701. The van der Waals surface area contributed by atoms with E-state index in [1.54, 1.807) is 7.11 Å². The molecule has 4 heteroatoms. The number of nitrogens with one attached hydrogen (secondary N) is 1. The van der Waals surface area contributed by atoms with Crippen LogP contribution in [0, 0.1) is 11.8 Å². The van der Waals surface area contributed by atoms with E-state index in [0.717, 1.165) is 30.0 Å². The molecule has 0 spiro atoms. The van der Waals surface area contributed by atoms with Crippen LogP contribution in [0.25, 0.3) is 16.6 Å². The van der Waals surface area contributed by atoms with Crippen molar-refractivity contribution in [1.29, 1.82) is 5.26 Å². The molecule has 0 aliphatic carbocycles. The molecule has 0 atom stereocenters. The Labute approximate surface area is 182 Å². The van der Waals surface area contributed by atoms with E-state index >= 15 is 0 Å². The van der Waals surface area contributed by atoms with Gasteiger partial charge in [0.1, 0.15) is 5.75 Å². The number of benzene rings is 1. The number of hydrogen-bond acceptors (Lipinski definition) is 3. The van der Waals surface area contributed by atoms with Crippen molar-refractivity contribution < 1.29 is 4.74 Å². The summed E-state index contributed by atoms with van der Waals surface area (Å²) >= 11 is 0. The van der Waals surface area contributed by atoms with Crippen LogP contribution in [0.2, 0.25) is 0 Å². The summed E-state index contributed by atoms with van der Waals surface area (Å²) in [5.74, 6) is 0.877. The Morgan fingerprint density at radius 3 is 2.43 bits per heavy atom. The average molecular weight is 408 g/mol. The Morgan fingerprint density at radius 1 is 1.27 bits per heavy atom. The SMILES string of the molecule is C#N.C=CCN/C(=C\C(=C)/C=C\C)c1c(CC)c2ccc(OC)cc2n1CC.CC. The molecule has 0 saturated carbocycles. The molecule has 162 valence electrons. The monoisotopic (exact) mass is 407 g/mol. The minimum Gasteiger partial charge on any atom is -0.497 e. The number of aryl methyl sites for hydroxylation is 2. The second kappa shape index (κ2) is 14.8. The number of fused-ring (bicyclic) bond motifs is 1. The van der Waals surface area contributed by atoms with E-state index in [2.05, 4.69) is 61.7 Å². The Bertz CT molecular complexity index is 898. The van der Waals surface area contributed by atoms with Gasteiger partial charge in [0.2, 0.25) is 0 Å². The van der Waals surface area contributed by atoms with E-state index < -0.39 is 0 Å². The highest BCUT2D eigenvalue weighted by Crippen LogP contribution is 2.33. The summed E-state index contributed by atoms with van der Waals surface area (Å²) in [6.45, 7) is 23.5. The number of nitriles is 1. The summed E-state index contributed by atoms with van der Waals surface area (Å²) in [7, 11) is 1.71. The van der Waals surface area contributed by atoms with Crippen LogP contribution < -0.4 is 10.1 Å². The van der Waals surface area contributed by atoms with E-state index in [9.17, 15) is 0 Å². The highest BCUT2D eigenvalue weighted by atomic mass is 16.5. The molecule has 0 bridgehead atoms. The normalized spacial score (nSPS) is 10.6. The number of methoxy groups -OCH3 is 1. The Kier molecular flexibility index (Phi) is 13.2. The third-order valence-corrected chi connectivity index (χ3v) is 4.45. The van der Waals surface area contributed by atoms with Gasteiger partial charge in [-0.2, -0.15) is 0 Å². The number of rotatable bonds is 9. The molecule has 0 amide bonds. The summed E-state index contributed by atoms with van der Waals surface area (Å²) in [5, 5.41) is 11.3. The largest absolute Gasteiger partial charge is 0.497 e. The predicted octanol–water partition coefficient (Wildman–Crippen LogP) is 6.65. The summed E-state index contributed by atoms with van der Waals surface area (Å²) in [6, 6.07) is 6.31. The molecule has 1 heterocycles. The van der Waals surface area contributed by atoms with Gasteiger partial charge in [0.15, 0.2) is 0 Å². The van der Waals surface area contributed by atoms with E-state index in [1.165, 1.54) is 22.2 Å². The van der Waals surface area contributed by atoms with Crippen molar-refractivity contribution in [2.45, 2.75) is 47.6 Å². The molecule has 30 heavy (non-hydrogen) atoms. The number of aromatic nitrogens is 1. The fourth-order valence-corrected chi connectivity index (χ4v) is 3.35. The lowest BCUT2D eigenvalue weighted by Gasteiger charge is -2.15. The van der Waals surface area contributed by atoms with Gasteiger partial charge >= 0.3 is 0 Å². The van der Waals surface area contributed by atoms with Crippen molar-refractivity contribution in [2.24, 2.45) is 0 Å². The predicted molar refractivity (Wildman–Crippen MR) is 132 cm³/mol. The van der Waals surface area contributed by atoms with Gasteiger partial charge in [0, 0.05) is 31.1 Å². The van der Waals surface area contributed by atoms with E-state index in [-0.39, 0.29) is 0 Å². The Balaban J connectivity index is 0.00000198. The first-order chi connectivity index (χ1) is 14.6. The summed E-state index contributed by atoms with van der Waals surface area (Å²) in [6.07, 6.45) is 8.96. The first-order valence-corrected chi connectivity index (χ1v) is 10.4. The molecule has 1 aromatic carbocycles. The quantitative estimate of drug-likeness (QED) is 0.374. The van der Waals surface area contributed by atoms with Crippen LogP contribution >= 0.6 is 0 Å². The third-order valence-electron chi connectivity index (χ3n) is 4.45. The zero-order valence-corrected chi connectivity index (χ0v) is 19.5. The molecule has 0 fully saturated rings. The number of hydrogen-bond donors (Lipinski definition) is 1. The molecule has 0 radical (unpaired) electrons. The molecule has 0 unspecified atom stereocenters. The standard InChI is InChI=1S/C23H30N2O.C2H6.CHN/c1-7-11-17(5)15-21(24-14-8-2)23-19(9-3)20-13-12-18(26-6)16-22(20)25(23)10-4;2*1-2/h7-8,11-13,15-16,24H,2,5,9-10,14H2,1,3-4,6H3;1-2H3;1H/b11-7-,21-15-;;. The van der Waals surface area contributed by atoms with Gasteiger partial charge < -0.3 is 14.6 Å². The van der Waals surface area contributed by atoms with E-state index in [0.29, 0.717) is 6.54 Å². The highest BCUT2D eigenvalue weighted by Gasteiger charge is 2.19. The van der Waals surface area contributed by atoms with Crippen molar-refractivity contribution in [2.75, 3.05) is 13.7 Å². The minimum atomic E-state index is 0.701. The summed E-state index contributed by atoms with van der Waals surface area (Å²) in [4.78, 5) is 0. The third kappa shape index (κ3) is 6.42. The van der Waals surface area contributed by atoms with E-state index in [4.69, 9.17) is 10.00 Å². The lowest BCUT2D eigenvalue weighted by Crippen LogP contribution is -2.16. The lowest BCUT2D eigenvalue weighted by molar-refractivity contribution is 0.415. The fraction of sp³-hybridized carbons (Fsp3) is 0.346. The topological polar surface area (TPSA) is 50.0 Å². The number of nitrogens with zero attached hydrogens (tertiary/aromatic N) is 2. The second-order valence-corrected chi connectivity index (χ2v) is 6.11. The van der Waals surface area contributed by atoms with Gasteiger partial charge in [-0.25, -0.2) is 5.26 Å². The van der Waals surface area contributed by atoms with Crippen LogP contribution in [0.15, 0.2) is 61.2 Å².